The second-order valence-corrected chi connectivity index (χ2v) is 4.41. The maximum absolute atomic E-state index is 11.7. The van der Waals surface area contributed by atoms with Gasteiger partial charge in [0.2, 0.25) is 0 Å². The molecule has 0 fully saturated rings. The van der Waals surface area contributed by atoms with Crippen molar-refractivity contribution in [2.45, 2.75) is 6.54 Å². The zero-order valence-corrected chi connectivity index (χ0v) is 11.4. The van der Waals surface area contributed by atoms with E-state index in [1.165, 1.54) is 6.20 Å². The number of hydrogen-bond donors (Lipinski definition) is 3. The van der Waals surface area contributed by atoms with Gasteiger partial charge in [-0.05, 0) is 11.6 Å². The van der Waals surface area contributed by atoms with Crippen molar-refractivity contribution >= 4 is 29.2 Å². The first-order chi connectivity index (χ1) is 10.1. The van der Waals surface area contributed by atoms with E-state index >= 15 is 0 Å². The minimum absolute atomic E-state index is 0.0791. The first-order valence-corrected chi connectivity index (χ1v) is 6.25. The molecule has 106 valence electrons. The molecule has 0 bridgehead atoms. The zero-order chi connectivity index (χ0) is 15.2. The van der Waals surface area contributed by atoms with Crippen molar-refractivity contribution in [1.82, 2.24) is 15.5 Å². The summed E-state index contributed by atoms with van der Waals surface area (Å²) in [5, 5.41) is 20.0. The van der Waals surface area contributed by atoms with Crippen LogP contribution < -0.4 is 10.6 Å². The van der Waals surface area contributed by atoms with Gasteiger partial charge in [-0.15, -0.1) is 0 Å². The molecule has 0 aliphatic heterocycles. The molecule has 0 radical (unpaired) electrons. The molecule has 1 aromatic carbocycles. The predicted molar refractivity (Wildman–Crippen MR) is 75.2 cm³/mol. The Kier molecular flexibility index (Phi) is 4.53. The number of aromatic nitrogens is 2. The minimum Gasteiger partial charge on any atom is -0.344 e. The number of carbonyl (C=O) groups excluding carboxylic acids is 2. The van der Waals surface area contributed by atoms with Gasteiger partial charge in [0.15, 0.2) is 0 Å². The fraction of sp³-hybridized carbons (Fsp3) is 0.0769. The number of amides is 2. The molecule has 3 N–H and O–H groups in total. The average Bonchev–Trinajstić information content (AvgIpc) is 2.93. The molecule has 1 aromatic heterocycles. The number of halogens is 1. The Bertz CT molecular complexity index is 719. The first kappa shape index (κ1) is 14.6. The van der Waals surface area contributed by atoms with Gasteiger partial charge in [0.05, 0.1) is 6.20 Å². The van der Waals surface area contributed by atoms with E-state index in [-0.39, 0.29) is 17.9 Å². The van der Waals surface area contributed by atoms with Crippen LogP contribution in [0.1, 0.15) is 11.1 Å². The highest BCUT2D eigenvalue weighted by Gasteiger charge is 2.16. The number of hydrogen-bond acceptors (Lipinski definition) is 4. The summed E-state index contributed by atoms with van der Waals surface area (Å²) in [6, 6.07) is 8.80. The largest absolute Gasteiger partial charge is 0.344 e. The normalized spacial score (nSPS) is 9.71. The van der Waals surface area contributed by atoms with Crippen molar-refractivity contribution in [1.29, 1.82) is 5.26 Å². The number of H-pyrrole nitrogens is 1. The minimum atomic E-state index is -0.900. The number of nitrogens with one attached hydrogen (secondary N) is 3. The number of nitriles is 1. The molecule has 2 rings (SSSR count). The standard InChI is InChI=1S/C13H10ClN5O2/c14-10-4-2-1-3-8(10)6-16-12(20)13(21)18-11-9(5-15)7-17-19-11/h1-4,7H,6H2,(H,16,20)(H2,17,18,19,21). The Morgan fingerprint density at radius 1 is 1.33 bits per heavy atom. The third-order valence-electron chi connectivity index (χ3n) is 2.60. The number of aromatic amines is 1. The van der Waals surface area contributed by atoms with Gasteiger partial charge in [-0.3, -0.25) is 14.7 Å². The van der Waals surface area contributed by atoms with Crippen LogP contribution in [0.5, 0.6) is 0 Å². The number of anilines is 1. The summed E-state index contributed by atoms with van der Waals surface area (Å²) < 4.78 is 0. The lowest BCUT2D eigenvalue weighted by Gasteiger charge is -2.06. The molecule has 0 atom stereocenters. The molecule has 8 heteroatoms. The molecule has 2 aromatic rings. The van der Waals surface area contributed by atoms with Crippen molar-refractivity contribution in [2.75, 3.05) is 5.32 Å². The van der Waals surface area contributed by atoms with E-state index in [4.69, 9.17) is 16.9 Å². The summed E-state index contributed by atoms with van der Waals surface area (Å²) in [6.45, 7) is 0.125. The lowest BCUT2D eigenvalue weighted by molar-refractivity contribution is -0.136. The van der Waals surface area contributed by atoms with Crippen LogP contribution in [-0.2, 0) is 16.1 Å². The fourth-order valence-electron chi connectivity index (χ4n) is 1.53. The molecule has 2 amide bonds. The molecule has 0 aliphatic rings. The highest BCUT2D eigenvalue weighted by atomic mass is 35.5. The van der Waals surface area contributed by atoms with Crippen LogP contribution >= 0.6 is 11.6 Å². The quantitative estimate of drug-likeness (QED) is 0.739. The second kappa shape index (κ2) is 6.54. The van der Waals surface area contributed by atoms with Crippen LogP contribution in [0.3, 0.4) is 0 Å². The zero-order valence-electron chi connectivity index (χ0n) is 10.7. The number of benzene rings is 1. The topological polar surface area (TPSA) is 111 Å². The Hall–Kier alpha value is -2.85. The highest BCUT2D eigenvalue weighted by Crippen LogP contribution is 2.14. The second-order valence-electron chi connectivity index (χ2n) is 4.00. The van der Waals surface area contributed by atoms with Gasteiger partial charge >= 0.3 is 11.8 Å². The third kappa shape index (κ3) is 3.58. The van der Waals surface area contributed by atoms with Crippen molar-refractivity contribution in [3.63, 3.8) is 0 Å². The van der Waals surface area contributed by atoms with E-state index in [1.54, 1.807) is 24.3 Å². The van der Waals surface area contributed by atoms with Crippen LogP contribution in [0.15, 0.2) is 30.5 Å². The summed E-state index contributed by atoms with van der Waals surface area (Å²) in [4.78, 5) is 23.3. The van der Waals surface area contributed by atoms with E-state index in [9.17, 15) is 9.59 Å². The number of nitrogens with zero attached hydrogens (tertiary/aromatic N) is 2. The molecular weight excluding hydrogens is 294 g/mol. The molecule has 1 heterocycles. The summed E-state index contributed by atoms with van der Waals surface area (Å²) in [7, 11) is 0. The first-order valence-electron chi connectivity index (χ1n) is 5.88. The highest BCUT2D eigenvalue weighted by molar-refractivity contribution is 6.39. The molecule has 0 saturated heterocycles. The van der Waals surface area contributed by atoms with Gasteiger partial charge in [0, 0.05) is 11.6 Å². The average molecular weight is 304 g/mol. The van der Waals surface area contributed by atoms with Gasteiger partial charge in [0.1, 0.15) is 17.5 Å². The van der Waals surface area contributed by atoms with E-state index in [0.717, 1.165) is 0 Å². The molecule has 0 saturated carbocycles. The molecule has 0 unspecified atom stereocenters. The number of carbonyl (C=O) groups is 2. The van der Waals surface area contributed by atoms with Crippen molar-refractivity contribution in [3.05, 3.63) is 46.6 Å². The van der Waals surface area contributed by atoms with Crippen LogP contribution in [0, 0.1) is 11.3 Å². The summed E-state index contributed by atoms with van der Waals surface area (Å²) in [6.07, 6.45) is 1.25. The molecular formula is C13H10ClN5O2. The molecule has 0 spiro atoms. The smallest absolute Gasteiger partial charge is 0.314 e. The fourth-order valence-corrected chi connectivity index (χ4v) is 1.74. The van der Waals surface area contributed by atoms with Crippen LogP contribution in [0.2, 0.25) is 5.02 Å². The molecule has 21 heavy (non-hydrogen) atoms. The number of rotatable bonds is 3. The van der Waals surface area contributed by atoms with Gasteiger partial charge in [0.25, 0.3) is 0 Å². The Morgan fingerprint density at radius 2 is 2.10 bits per heavy atom. The predicted octanol–water partition coefficient (Wildman–Crippen LogP) is 1.19. The summed E-state index contributed by atoms with van der Waals surface area (Å²) >= 11 is 5.94. The summed E-state index contributed by atoms with van der Waals surface area (Å²) in [5.41, 5.74) is 0.835. The maximum Gasteiger partial charge on any atom is 0.314 e. The van der Waals surface area contributed by atoms with E-state index in [0.29, 0.717) is 10.6 Å². The van der Waals surface area contributed by atoms with Crippen LogP contribution in [-0.4, -0.2) is 22.0 Å². The Labute approximate surface area is 124 Å². The summed E-state index contributed by atoms with van der Waals surface area (Å²) in [5.74, 6) is -1.66. The van der Waals surface area contributed by atoms with Crippen LogP contribution in [0.25, 0.3) is 0 Å². The van der Waals surface area contributed by atoms with E-state index in [1.807, 2.05) is 6.07 Å². The SMILES string of the molecule is N#Cc1cn[nH]c1NC(=O)C(=O)NCc1ccccc1Cl. The van der Waals surface area contributed by atoms with Crippen molar-refractivity contribution in [2.24, 2.45) is 0 Å². The van der Waals surface area contributed by atoms with Crippen molar-refractivity contribution in [3.8, 4) is 6.07 Å². The van der Waals surface area contributed by atoms with Crippen LogP contribution in [0.4, 0.5) is 5.82 Å². The maximum atomic E-state index is 11.7. The van der Waals surface area contributed by atoms with Crippen molar-refractivity contribution < 1.29 is 9.59 Å². The Morgan fingerprint density at radius 3 is 2.81 bits per heavy atom. The van der Waals surface area contributed by atoms with E-state index < -0.39 is 11.8 Å². The Balaban J connectivity index is 1.93. The lowest BCUT2D eigenvalue weighted by atomic mass is 10.2. The lowest BCUT2D eigenvalue weighted by Crippen LogP contribution is -2.35. The van der Waals surface area contributed by atoms with Gasteiger partial charge in [-0.2, -0.15) is 10.4 Å². The van der Waals surface area contributed by atoms with Gasteiger partial charge in [-0.25, -0.2) is 0 Å². The van der Waals surface area contributed by atoms with Gasteiger partial charge in [-0.1, -0.05) is 29.8 Å². The molecule has 0 aliphatic carbocycles. The monoisotopic (exact) mass is 303 g/mol. The van der Waals surface area contributed by atoms with E-state index in [2.05, 4.69) is 20.8 Å². The van der Waals surface area contributed by atoms with Gasteiger partial charge < -0.3 is 10.6 Å². The third-order valence-corrected chi connectivity index (χ3v) is 2.97. The molecule has 7 nitrogen and oxygen atoms in total.